The van der Waals surface area contributed by atoms with Crippen LogP contribution in [0.1, 0.15) is 48.9 Å². The van der Waals surface area contributed by atoms with Crippen LogP contribution in [0.4, 0.5) is 4.39 Å². The minimum Gasteiger partial charge on any atom is -0.438 e. The molecular formula is C22H25ClFN3O2S. The maximum atomic E-state index is 13.8. The number of hydrogen-bond donors (Lipinski definition) is 2. The molecule has 1 heterocycles. The Morgan fingerprint density at radius 3 is 2.80 bits per heavy atom. The normalized spacial score (nSPS) is 18.8. The lowest BCUT2D eigenvalue weighted by molar-refractivity contribution is 0.105. The predicted octanol–water partition coefficient (Wildman–Crippen LogP) is 6.02. The van der Waals surface area contributed by atoms with Crippen molar-refractivity contribution in [3.63, 3.8) is 0 Å². The van der Waals surface area contributed by atoms with Crippen LogP contribution < -0.4 is 9.57 Å². The highest BCUT2D eigenvalue weighted by molar-refractivity contribution is 7.98. The third kappa shape index (κ3) is 6.03. The largest absolute Gasteiger partial charge is 0.438 e. The molecule has 0 amide bonds. The van der Waals surface area contributed by atoms with Crippen molar-refractivity contribution in [1.82, 2.24) is 9.82 Å². The lowest BCUT2D eigenvalue weighted by Gasteiger charge is -2.27. The lowest BCUT2D eigenvalue weighted by Crippen LogP contribution is -2.27. The number of aromatic nitrogens is 1. The third-order valence-electron chi connectivity index (χ3n) is 5.40. The second kappa shape index (κ2) is 10.9. The number of nitrogens with zero attached hydrogens (tertiary/aromatic N) is 1. The number of pyridine rings is 1. The van der Waals surface area contributed by atoms with Gasteiger partial charge < -0.3 is 10.1 Å². The molecule has 3 rings (SSSR count). The second-order valence-corrected chi connectivity index (χ2v) is 8.56. The van der Waals surface area contributed by atoms with E-state index in [-0.39, 0.29) is 17.2 Å². The molecule has 1 aromatic carbocycles. The van der Waals surface area contributed by atoms with Gasteiger partial charge in [-0.05, 0) is 86.7 Å². The van der Waals surface area contributed by atoms with Gasteiger partial charge in [0.2, 0.25) is 11.7 Å². The Morgan fingerprint density at radius 2 is 2.10 bits per heavy atom. The van der Waals surface area contributed by atoms with Crippen LogP contribution in [0.25, 0.3) is 0 Å². The zero-order valence-corrected chi connectivity index (χ0v) is 18.4. The highest BCUT2D eigenvalue weighted by Gasteiger charge is 2.24. The topological polar surface area (TPSA) is 75.1 Å². The number of hydrogen-bond acceptors (Lipinski definition) is 6. The fourth-order valence-electron chi connectivity index (χ4n) is 3.63. The van der Waals surface area contributed by atoms with E-state index in [1.165, 1.54) is 0 Å². The van der Waals surface area contributed by atoms with E-state index in [2.05, 4.69) is 9.82 Å². The van der Waals surface area contributed by atoms with Gasteiger partial charge in [0.25, 0.3) is 0 Å². The van der Waals surface area contributed by atoms with Crippen molar-refractivity contribution in [2.75, 3.05) is 6.26 Å². The molecule has 5 nitrogen and oxygen atoms in total. The van der Waals surface area contributed by atoms with E-state index in [4.69, 9.17) is 21.9 Å². The predicted molar refractivity (Wildman–Crippen MR) is 119 cm³/mol. The maximum Gasteiger partial charge on any atom is 0.230 e. The fraction of sp³-hybridized carbons (Fsp3) is 0.409. The number of nitrogens with one attached hydrogen (secondary N) is 2. The molecule has 1 aromatic heterocycles. The van der Waals surface area contributed by atoms with Crippen LogP contribution in [-0.2, 0) is 0 Å². The Morgan fingerprint density at radius 1 is 1.33 bits per heavy atom. The van der Waals surface area contributed by atoms with Crippen LogP contribution in [0.2, 0.25) is 0 Å². The molecule has 30 heavy (non-hydrogen) atoms. The number of halogens is 2. The molecule has 2 N–H and O–H groups in total. The standard InChI is InChI=1S/C22H25ClFN3O2S/c1-30-18-4-2-3-17(12-18)29-22-19(11-15(24)13-26-22)21(28)20(25)10-7-14-5-8-16(27-23)9-6-14/h2-4,11-14,16,25,27H,5-10H2,1H3. The summed E-state index contributed by atoms with van der Waals surface area (Å²) in [5.74, 6) is -0.197. The first-order chi connectivity index (χ1) is 14.5. The van der Waals surface area contributed by atoms with Crippen LogP contribution >= 0.6 is 23.5 Å². The van der Waals surface area contributed by atoms with Crippen molar-refractivity contribution in [3.8, 4) is 11.6 Å². The van der Waals surface area contributed by atoms with Crippen molar-refractivity contribution in [2.24, 2.45) is 5.92 Å². The van der Waals surface area contributed by atoms with Crippen LogP contribution in [0.15, 0.2) is 41.4 Å². The lowest BCUT2D eigenvalue weighted by atomic mass is 9.83. The van der Waals surface area contributed by atoms with Gasteiger partial charge in [-0.1, -0.05) is 6.07 Å². The van der Waals surface area contributed by atoms with Gasteiger partial charge >= 0.3 is 0 Å². The van der Waals surface area contributed by atoms with E-state index >= 15 is 0 Å². The van der Waals surface area contributed by atoms with E-state index in [1.54, 1.807) is 17.8 Å². The molecule has 2 aromatic rings. The van der Waals surface area contributed by atoms with Crippen LogP contribution in [0.3, 0.4) is 0 Å². The molecule has 0 aliphatic heterocycles. The molecule has 0 atom stereocenters. The Balaban J connectivity index is 1.67. The monoisotopic (exact) mass is 449 g/mol. The fourth-order valence-corrected chi connectivity index (χ4v) is 4.30. The van der Waals surface area contributed by atoms with E-state index in [1.807, 2.05) is 24.5 Å². The molecule has 160 valence electrons. The molecule has 1 fully saturated rings. The van der Waals surface area contributed by atoms with E-state index < -0.39 is 11.6 Å². The average Bonchev–Trinajstić information content (AvgIpc) is 2.78. The summed E-state index contributed by atoms with van der Waals surface area (Å²) in [7, 11) is 0. The summed E-state index contributed by atoms with van der Waals surface area (Å²) in [6, 6.07) is 8.77. The number of ether oxygens (including phenoxy) is 1. The molecule has 1 aliphatic rings. The van der Waals surface area contributed by atoms with Gasteiger partial charge in [-0.15, -0.1) is 11.8 Å². The van der Waals surface area contributed by atoms with Crippen molar-refractivity contribution in [2.45, 2.75) is 49.5 Å². The minimum absolute atomic E-state index is 0.0121. The minimum atomic E-state index is -0.636. The van der Waals surface area contributed by atoms with Crippen LogP contribution in [-0.4, -0.2) is 28.8 Å². The smallest absolute Gasteiger partial charge is 0.230 e. The Bertz CT molecular complexity index is 904. The van der Waals surface area contributed by atoms with E-state index in [0.717, 1.165) is 49.3 Å². The average molecular weight is 450 g/mol. The quantitative estimate of drug-likeness (QED) is 0.212. The molecule has 8 heteroatoms. The molecule has 0 unspecified atom stereocenters. The zero-order chi connectivity index (χ0) is 21.5. The zero-order valence-electron chi connectivity index (χ0n) is 16.8. The Hall–Kier alpha value is -1.96. The first-order valence-electron chi connectivity index (χ1n) is 9.96. The Kier molecular flexibility index (Phi) is 8.24. The number of thioether (sulfide) groups is 1. The summed E-state index contributed by atoms with van der Waals surface area (Å²) in [5, 5.41) is 8.25. The summed E-state index contributed by atoms with van der Waals surface area (Å²) in [4.78, 5) is 20.6. The van der Waals surface area contributed by atoms with Crippen LogP contribution in [0.5, 0.6) is 11.6 Å². The van der Waals surface area contributed by atoms with Crippen molar-refractivity contribution >= 4 is 35.0 Å². The van der Waals surface area contributed by atoms with Gasteiger partial charge in [-0.2, -0.15) is 0 Å². The van der Waals surface area contributed by atoms with Gasteiger partial charge in [-0.25, -0.2) is 14.2 Å². The van der Waals surface area contributed by atoms with Crippen molar-refractivity contribution < 1.29 is 13.9 Å². The summed E-state index contributed by atoms with van der Waals surface area (Å²) in [6.07, 6.45) is 8.10. The van der Waals surface area contributed by atoms with Gasteiger partial charge in [0.15, 0.2) is 0 Å². The highest BCUT2D eigenvalue weighted by atomic mass is 35.5. The molecule has 0 spiro atoms. The van der Waals surface area contributed by atoms with Crippen molar-refractivity contribution in [3.05, 3.63) is 47.9 Å². The van der Waals surface area contributed by atoms with E-state index in [9.17, 15) is 9.18 Å². The number of ketones is 1. The van der Waals surface area contributed by atoms with Gasteiger partial charge in [0.05, 0.1) is 17.5 Å². The van der Waals surface area contributed by atoms with Gasteiger partial charge in [-0.3, -0.25) is 4.79 Å². The second-order valence-electron chi connectivity index (χ2n) is 7.46. The van der Waals surface area contributed by atoms with Gasteiger partial charge in [0, 0.05) is 10.9 Å². The van der Waals surface area contributed by atoms with Gasteiger partial charge in [0.1, 0.15) is 11.6 Å². The number of benzene rings is 1. The first kappa shape index (κ1) is 22.7. The number of carbonyl (C=O) groups excluding carboxylic acids is 1. The summed E-state index contributed by atoms with van der Waals surface area (Å²) >= 11 is 7.25. The Labute approximate surface area is 185 Å². The van der Waals surface area contributed by atoms with Crippen LogP contribution in [0, 0.1) is 17.1 Å². The maximum absolute atomic E-state index is 13.8. The summed E-state index contributed by atoms with van der Waals surface area (Å²) in [6.45, 7) is 0. The molecule has 0 radical (unpaired) electrons. The SMILES string of the molecule is CSc1cccc(Oc2ncc(F)cc2C(=O)C(=N)CCC2CCC(NCl)CC2)c1. The molecule has 1 aliphatic carbocycles. The highest BCUT2D eigenvalue weighted by Crippen LogP contribution is 2.30. The summed E-state index contributed by atoms with van der Waals surface area (Å²) < 4.78 is 19.6. The number of carbonyl (C=O) groups is 1. The van der Waals surface area contributed by atoms with Crippen molar-refractivity contribution in [1.29, 1.82) is 5.41 Å². The third-order valence-corrected chi connectivity index (χ3v) is 6.43. The number of rotatable bonds is 9. The molecule has 1 saturated carbocycles. The number of Topliss-reactive ketones (excluding diaryl/α,β-unsaturated/α-hetero) is 1. The molecular weight excluding hydrogens is 425 g/mol. The van der Waals surface area contributed by atoms with E-state index in [0.29, 0.717) is 24.1 Å². The summed E-state index contributed by atoms with van der Waals surface area (Å²) in [5.41, 5.74) is -0.0766. The first-order valence-corrected chi connectivity index (χ1v) is 11.6. The molecule has 0 bridgehead atoms. The molecule has 0 saturated heterocycles.